The Labute approximate surface area is 213 Å². The van der Waals surface area contributed by atoms with Crippen molar-refractivity contribution < 1.29 is 22.6 Å². The maximum atomic E-state index is 13.3. The highest BCUT2D eigenvalue weighted by atomic mass is 32.1. The fourth-order valence-electron chi connectivity index (χ4n) is 3.89. The second-order valence-electron chi connectivity index (χ2n) is 8.55. The number of hydrogen-bond acceptors (Lipinski definition) is 8. The van der Waals surface area contributed by atoms with Crippen LogP contribution in [0.3, 0.4) is 0 Å². The second kappa shape index (κ2) is 10.3. The number of tetrazole rings is 1. The molecular formula is C24H23F3N6O3S. The van der Waals surface area contributed by atoms with Gasteiger partial charge >= 0.3 is 6.18 Å². The molecule has 9 nitrogen and oxygen atoms in total. The molecule has 0 spiro atoms. The molecule has 1 saturated carbocycles. The number of halogens is 3. The minimum Gasteiger partial charge on any atom is -0.493 e. The number of ether oxygens (including phenoxy) is 2. The van der Waals surface area contributed by atoms with Crippen molar-refractivity contribution in [1.82, 2.24) is 30.6 Å². The number of H-pyrrole nitrogens is 2. The lowest BCUT2D eigenvalue weighted by atomic mass is 10.0. The lowest BCUT2D eigenvalue weighted by molar-refractivity contribution is -0.136. The molecular weight excluding hydrogens is 509 g/mol. The Balaban J connectivity index is 1.51. The maximum Gasteiger partial charge on any atom is 0.389 e. The number of nitrogens with zero attached hydrogens (tertiary/aromatic N) is 4. The quantitative estimate of drug-likeness (QED) is 0.265. The minimum absolute atomic E-state index is 0.0846. The van der Waals surface area contributed by atoms with Crippen LogP contribution in [0, 0.1) is 0 Å². The fraction of sp³-hybridized carbons (Fsp3) is 0.375. The smallest absolute Gasteiger partial charge is 0.389 e. The molecule has 1 aliphatic carbocycles. The second-order valence-corrected chi connectivity index (χ2v) is 9.61. The largest absolute Gasteiger partial charge is 0.493 e. The first kappa shape index (κ1) is 24.9. The normalized spacial score (nSPS) is 13.6. The lowest BCUT2D eigenvalue weighted by Crippen LogP contribution is -2.13. The van der Waals surface area contributed by atoms with Gasteiger partial charge in [0.2, 0.25) is 0 Å². The van der Waals surface area contributed by atoms with Gasteiger partial charge in [0, 0.05) is 34.7 Å². The molecule has 1 fully saturated rings. The third-order valence-electron chi connectivity index (χ3n) is 5.77. The first-order chi connectivity index (χ1) is 17.8. The summed E-state index contributed by atoms with van der Waals surface area (Å²) in [5, 5.41) is 14.5. The Kier molecular flexibility index (Phi) is 6.96. The Hall–Kier alpha value is -3.74. The molecule has 1 aromatic carbocycles. The van der Waals surface area contributed by atoms with Crippen molar-refractivity contribution in [1.29, 1.82) is 0 Å². The van der Waals surface area contributed by atoms with Crippen LogP contribution in [0.15, 0.2) is 35.3 Å². The van der Waals surface area contributed by atoms with Gasteiger partial charge in [-0.3, -0.25) is 4.79 Å². The summed E-state index contributed by atoms with van der Waals surface area (Å²) in [5.41, 5.74) is 1.50. The third-order valence-corrected chi connectivity index (χ3v) is 6.96. The number of rotatable bonds is 10. The van der Waals surface area contributed by atoms with Crippen LogP contribution in [-0.4, -0.2) is 50.0 Å². The van der Waals surface area contributed by atoms with Gasteiger partial charge in [0.15, 0.2) is 5.82 Å². The van der Waals surface area contributed by atoms with Crippen LogP contribution in [0.2, 0.25) is 0 Å². The van der Waals surface area contributed by atoms with Crippen LogP contribution in [0.4, 0.5) is 13.2 Å². The van der Waals surface area contributed by atoms with Crippen molar-refractivity contribution >= 4 is 11.3 Å². The number of nitrogens with one attached hydrogen (secondary N) is 2. The van der Waals surface area contributed by atoms with E-state index in [1.54, 1.807) is 24.3 Å². The van der Waals surface area contributed by atoms with Crippen LogP contribution in [0.5, 0.6) is 11.5 Å². The molecule has 0 unspecified atom stereocenters. The molecule has 5 rings (SSSR count). The summed E-state index contributed by atoms with van der Waals surface area (Å²) in [5.74, 6) is 1.52. The molecule has 0 amide bonds. The average molecular weight is 533 g/mol. The predicted octanol–water partition coefficient (Wildman–Crippen LogP) is 5.34. The third kappa shape index (κ3) is 5.82. The van der Waals surface area contributed by atoms with Gasteiger partial charge in [-0.15, -0.1) is 16.4 Å². The highest BCUT2D eigenvalue weighted by Crippen LogP contribution is 2.45. The first-order valence-electron chi connectivity index (χ1n) is 11.8. The SMILES string of the molecule is CCOc1cc(OCCCC(F)(F)F)ccc1-c1cc(-c2ncc(C3CC3)s2)c(-c2nnn[nH]2)c(=O)[nH]1. The zero-order valence-corrected chi connectivity index (χ0v) is 20.6. The number of pyridine rings is 1. The zero-order chi connectivity index (χ0) is 26.0. The van der Waals surface area contributed by atoms with Crippen LogP contribution < -0.4 is 15.0 Å². The predicted molar refractivity (Wildman–Crippen MR) is 131 cm³/mol. The summed E-state index contributed by atoms with van der Waals surface area (Å²) in [4.78, 5) is 21.9. The van der Waals surface area contributed by atoms with Crippen molar-refractivity contribution in [2.75, 3.05) is 13.2 Å². The van der Waals surface area contributed by atoms with E-state index < -0.39 is 18.2 Å². The van der Waals surface area contributed by atoms with Gasteiger partial charge in [-0.1, -0.05) is 0 Å². The Morgan fingerprint density at radius 2 is 2.00 bits per heavy atom. The molecule has 0 bridgehead atoms. The van der Waals surface area contributed by atoms with E-state index in [1.165, 1.54) is 16.2 Å². The van der Waals surface area contributed by atoms with Crippen LogP contribution in [0.25, 0.3) is 33.2 Å². The molecule has 0 radical (unpaired) electrons. The highest BCUT2D eigenvalue weighted by Gasteiger charge is 2.28. The first-order valence-corrected chi connectivity index (χ1v) is 12.6. The van der Waals surface area contributed by atoms with Crippen molar-refractivity contribution in [3.63, 3.8) is 0 Å². The number of alkyl halides is 3. The summed E-state index contributed by atoms with van der Waals surface area (Å²) >= 11 is 1.53. The van der Waals surface area contributed by atoms with E-state index in [4.69, 9.17) is 9.47 Å². The van der Waals surface area contributed by atoms with Crippen molar-refractivity contribution in [3.8, 4) is 44.7 Å². The van der Waals surface area contributed by atoms with E-state index in [1.807, 2.05) is 13.1 Å². The van der Waals surface area contributed by atoms with E-state index in [-0.39, 0.29) is 24.4 Å². The molecule has 1 aliphatic rings. The number of benzene rings is 1. The van der Waals surface area contributed by atoms with Gasteiger partial charge in [0.1, 0.15) is 16.5 Å². The minimum atomic E-state index is -4.22. The Morgan fingerprint density at radius 3 is 2.70 bits per heavy atom. The maximum absolute atomic E-state index is 13.3. The molecule has 4 aromatic rings. The molecule has 0 saturated heterocycles. The highest BCUT2D eigenvalue weighted by molar-refractivity contribution is 7.15. The average Bonchev–Trinajstić information content (AvgIpc) is 3.34. The van der Waals surface area contributed by atoms with E-state index in [0.29, 0.717) is 45.9 Å². The van der Waals surface area contributed by atoms with Gasteiger partial charge < -0.3 is 14.5 Å². The van der Waals surface area contributed by atoms with E-state index >= 15 is 0 Å². The van der Waals surface area contributed by atoms with Gasteiger partial charge in [-0.25, -0.2) is 10.1 Å². The van der Waals surface area contributed by atoms with Crippen LogP contribution >= 0.6 is 11.3 Å². The molecule has 2 N–H and O–H groups in total. The van der Waals surface area contributed by atoms with Gasteiger partial charge in [-0.05, 0) is 60.7 Å². The van der Waals surface area contributed by atoms with Crippen molar-refractivity contribution in [2.45, 2.75) is 44.7 Å². The van der Waals surface area contributed by atoms with Gasteiger partial charge in [-0.2, -0.15) is 13.2 Å². The number of aromatic nitrogens is 6. The summed E-state index contributed by atoms with van der Waals surface area (Å²) in [6, 6.07) is 6.74. The van der Waals surface area contributed by atoms with E-state index in [2.05, 4.69) is 30.6 Å². The molecule has 0 aliphatic heterocycles. The molecule has 37 heavy (non-hydrogen) atoms. The summed E-state index contributed by atoms with van der Waals surface area (Å²) in [7, 11) is 0. The molecule has 3 heterocycles. The Morgan fingerprint density at radius 1 is 1.16 bits per heavy atom. The van der Waals surface area contributed by atoms with Gasteiger partial charge in [0.05, 0.1) is 24.5 Å². The number of thiazole rings is 1. The van der Waals surface area contributed by atoms with Crippen molar-refractivity contribution in [3.05, 3.63) is 45.7 Å². The summed E-state index contributed by atoms with van der Waals surface area (Å²) in [6.07, 6.45) is -1.19. The molecule has 194 valence electrons. The van der Waals surface area contributed by atoms with Crippen LogP contribution in [-0.2, 0) is 0 Å². The summed E-state index contributed by atoms with van der Waals surface area (Å²) in [6.45, 7) is 2.06. The number of aromatic amines is 2. The molecule has 3 aromatic heterocycles. The topological polar surface area (TPSA) is 119 Å². The van der Waals surface area contributed by atoms with E-state index in [9.17, 15) is 18.0 Å². The summed E-state index contributed by atoms with van der Waals surface area (Å²) < 4.78 is 48.5. The van der Waals surface area contributed by atoms with Crippen LogP contribution in [0.1, 0.15) is 43.4 Å². The zero-order valence-electron chi connectivity index (χ0n) is 19.8. The Bertz CT molecular complexity index is 1430. The van der Waals surface area contributed by atoms with Crippen molar-refractivity contribution in [2.24, 2.45) is 0 Å². The van der Waals surface area contributed by atoms with Gasteiger partial charge in [0.25, 0.3) is 5.56 Å². The lowest BCUT2D eigenvalue weighted by Gasteiger charge is -2.15. The molecule has 13 heteroatoms. The monoisotopic (exact) mass is 532 g/mol. The number of hydrogen-bond donors (Lipinski definition) is 2. The standard InChI is InChI=1S/C24H23F3N6O3S/c1-2-35-18-10-14(36-9-3-8-24(25,26)27)6-7-15(18)17-11-16(23-28-12-19(37-23)13-4-5-13)20(22(34)29-17)21-30-32-33-31-21/h6-7,10-13H,2-5,8-9H2,1H3,(H,29,34)(H,30,31,32,33). The van der Waals surface area contributed by atoms with E-state index in [0.717, 1.165) is 12.8 Å². The molecule has 0 atom stereocenters. The fourth-order valence-corrected chi connectivity index (χ4v) is 5.00.